The van der Waals surface area contributed by atoms with Gasteiger partial charge in [-0.3, -0.25) is 4.79 Å². The highest BCUT2D eigenvalue weighted by Gasteiger charge is 2.30. The Labute approximate surface area is 123 Å². The van der Waals surface area contributed by atoms with Crippen LogP contribution in [0.5, 0.6) is 0 Å². The van der Waals surface area contributed by atoms with Gasteiger partial charge in [-0.15, -0.1) is 0 Å². The Morgan fingerprint density at radius 1 is 1.18 bits per heavy atom. The summed E-state index contributed by atoms with van der Waals surface area (Å²) >= 11 is 0. The lowest BCUT2D eigenvalue weighted by Gasteiger charge is -2.15. The number of rotatable bonds is 2. The molecule has 1 aromatic carbocycles. The molecule has 0 aliphatic heterocycles. The predicted octanol–water partition coefficient (Wildman–Crippen LogP) is 3.08. The normalized spacial score (nSPS) is 11.5. The van der Waals surface area contributed by atoms with Gasteiger partial charge in [-0.25, -0.2) is 4.79 Å². The molecule has 2 rings (SSSR count). The molecular weight excluding hydrogens is 299 g/mol. The molecule has 0 saturated heterocycles. The zero-order valence-corrected chi connectivity index (χ0v) is 11.7. The van der Waals surface area contributed by atoms with Crippen molar-refractivity contribution in [1.29, 1.82) is 0 Å². The maximum absolute atomic E-state index is 12.6. The van der Waals surface area contributed by atoms with E-state index in [1.807, 2.05) is 0 Å². The van der Waals surface area contributed by atoms with Crippen LogP contribution in [0.1, 0.15) is 21.6 Å². The van der Waals surface area contributed by atoms with Crippen molar-refractivity contribution in [2.24, 2.45) is 7.05 Å². The van der Waals surface area contributed by atoms with Gasteiger partial charge in [0.15, 0.2) is 5.43 Å². The van der Waals surface area contributed by atoms with Crippen molar-refractivity contribution >= 4 is 5.97 Å². The Hall–Kier alpha value is -2.57. The number of alkyl halides is 3. The molecule has 0 saturated carbocycles. The minimum Gasteiger partial charge on any atom is -0.477 e. The molecule has 7 heteroatoms. The minimum atomic E-state index is -4.44. The maximum Gasteiger partial charge on any atom is 0.416 e. The molecule has 0 aliphatic carbocycles. The second-order valence-corrected chi connectivity index (χ2v) is 4.79. The summed E-state index contributed by atoms with van der Waals surface area (Å²) in [5.74, 6) is -1.34. The monoisotopic (exact) mass is 311 g/mol. The van der Waals surface area contributed by atoms with Crippen LogP contribution in [0, 0.1) is 6.92 Å². The van der Waals surface area contributed by atoms with E-state index >= 15 is 0 Å². The Balaban J connectivity index is 2.59. The number of carboxylic acid groups (broad SMARTS) is 1. The summed E-state index contributed by atoms with van der Waals surface area (Å²) in [6.45, 7) is 1.47. The van der Waals surface area contributed by atoms with Crippen LogP contribution in [0.4, 0.5) is 13.2 Å². The number of carboxylic acids is 1. The molecule has 1 N–H and O–H groups in total. The summed E-state index contributed by atoms with van der Waals surface area (Å²) in [5.41, 5.74) is -0.847. The van der Waals surface area contributed by atoms with Gasteiger partial charge < -0.3 is 9.67 Å². The summed E-state index contributed by atoms with van der Waals surface area (Å²) in [4.78, 5) is 22.9. The van der Waals surface area contributed by atoms with Crippen molar-refractivity contribution < 1.29 is 23.1 Å². The Bertz CT molecular complexity index is 789. The van der Waals surface area contributed by atoms with Gasteiger partial charge in [0.25, 0.3) is 0 Å². The second-order valence-electron chi connectivity index (χ2n) is 4.79. The standard InChI is InChI=1S/C15H12F3NO3/c1-8-13(14(21)22)12(20)7-11(19(8)2)9-3-5-10(6-4-9)15(16,17)18/h3-7H,1-2H3,(H,21,22). The van der Waals surface area contributed by atoms with E-state index in [-0.39, 0.29) is 11.3 Å². The van der Waals surface area contributed by atoms with Crippen molar-refractivity contribution in [2.75, 3.05) is 0 Å². The van der Waals surface area contributed by atoms with Crippen LogP contribution >= 0.6 is 0 Å². The fourth-order valence-electron chi connectivity index (χ4n) is 2.19. The number of benzene rings is 1. The van der Waals surface area contributed by atoms with Gasteiger partial charge in [0.2, 0.25) is 0 Å². The SMILES string of the molecule is Cc1c(C(=O)O)c(=O)cc(-c2ccc(C(F)(F)F)cc2)n1C. The van der Waals surface area contributed by atoms with Crippen LogP contribution in [-0.2, 0) is 13.2 Å². The average molecular weight is 311 g/mol. The summed E-state index contributed by atoms with van der Waals surface area (Å²) in [7, 11) is 1.55. The van der Waals surface area contributed by atoms with E-state index in [0.29, 0.717) is 11.3 Å². The van der Waals surface area contributed by atoms with E-state index in [4.69, 9.17) is 5.11 Å². The number of hydrogen-bond donors (Lipinski definition) is 1. The zero-order valence-electron chi connectivity index (χ0n) is 11.7. The van der Waals surface area contributed by atoms with Crippen LogP contribution in [-0.4, -0.2) is 15.6 Å². The highest BCUT2D eigenvalue weighted by atomic mass is 19.4. The van der Waals surface area contributed by atoms with Crippen molar-refractivity contribution in [3.8, 4) is 11.3 Å². The number of hydrogen-bond acceptors (Lipinski definition) is 2. The third kappa shape index (κ3) is 2.74. The van der Waals surface area contributed by atoms with Crippen molar-refractivity contribution in [3.63, 3.8) is 0 Å². The fourth-order valence-corrected chi connectivity index (χ4v) is 2.19. The molecule has 2 aromatic rings. The summed E-state index contributed by atoms with van der Waals surface area (Å²) in [6.07, 6.45) is -4.44. The number of halogens is 3. The molecule has 116 valence electrons. The molecule has 0 unspecified atom stereocenters. The summed E-state index contributed by atoms with van der Waals surface area (Å²) < 4.78 is 39.1. The summed E-state index contributed by atoms with van der Waals surface area (Å²) in [6, 6.07) is 5.44. The van der Waals surface area contributed by atoms with Gasteiger partial charge in [-0.05, 0) is 24.6 Å². The van der Waals surface area contributed by atoms with Crippen LogP contribution in [0.25, 0.3) is 11.3 Å². The minimum absolute atomic E-state index is 0.231. The zero-order chi connectivity index (χ0) is 16.7. The van der Waals surface area contributed by atoms with Gasteiger partial charge >= 0.3 is 12.1 Å². The molecule has 0 radical (unpaired) electrons. The topological polar surface area (TPSA) is 59.3 Å². The highest BCUT2D eigenvalue weighted by molar-refractivity contribution is 5.89. The third-order valence-corrected chi connectivity index (χ3v) is 3.46. The lowest BCUT2D eigenvalue weighted by molar-refractivity contribution is -0.137. The van der Waals surface area contributed by atoms with Gasteiger partial charge in [0.05, 0.1) is 11.3 Å². The first-order chi connectivity index (χ1) is 10.1. The average Bonchev–Trinajstić information content (AvgIpc) is 2.42. The van der Waals surface area contributed by atoms with E-state index < -0.39 is 23.1 Å². The van der Waals surface area contributed by atoms with E-state index in [1.54, 1.807) is 7.05 Å². The van der Waals surface area contributed by atoms with Crippen LogP contribution in [0.3, 0.4) is 0 Å². The summed E-state index contributed by atoms with van der Waals surface area (Å²) in [5, 5.41) is 9.02. The molecule has 0 amide bonds. The van der Waals surface area contributed by atoms with Crippen LogP contribution in [0.15, 0.2) is 35.1 Å². The quantitative estimate of drug-likeness (QED) is 0.927. The lowest BCUT2D eigenvalue weighted by atomic mass is 10.1. The molecule has 0 atom stereocenters. The van der Waals surface area contributed by atoms with Crippen molar-refractivity contribution in [3.05, 3.63) is 57.4 Å². The number of aromatic carboxylic acids is 1. The van der Waals surface area contributed by atoms with Gasteiger partial charge in [-0.1, -0.05) is 12.1 Å². The molecular formula is C15H12F3NO3. The first-order valence-electron chi connectivity index (χ1n) is 6.24. The predicted molar refractivity (Wildman–Crippen MR) is 73.8 cm³/mol. The third-order valence-electron chi connectivity index (χ3n) is 3.46. The fraction of sp³-hybridized carbons (Fsp3) is 0.200. The van der Waals surface area contributed by atoms with Gasteiger partial charge in [-0.2, -0.15) is 13.2 Å². The molecule has 1 heterocycles. The van der Waals surface area contributed by atoms with Crippen LogP contribution < -0.4 is 5.43 Å². The van der Waals surface area contributed by atoms with Crippen LogP contribution in [0.2, 0.25) is 0 Å². The number of pyridine rings is 1. The molecule has 1 aromatic heterocycles. The Morgan fingerprint density at radius 2 is 1.73 bits per heavy atom. The number of aromatic nitrogens is 1. The first-order valence-corrected chi connectivity index (χ1v) is 6.24. The van der Waals surface area contributed by atoms with Crippen molar-refractivity contribution in [1.82, 2.24) is 4.57 Å². The molecule has 4 nitrogen and oxygen atoms in total. The van der Waals surface area contributed by atoms with Gasteiger partial charge in [0, 0.05) is 18.8 Å². The molecule has 0 bridgehead atoms. The largest absolute Gasteiger partial charge is 0.477 e. The van der Waals surface area contributed by atoms with E-state index in [9.17, 15) is 22.8 Å². The molecule has 0 fully saturated rings. The maximum atomic E-state index is 12.6. The van der Waals surface area contributed by atoms with E-state index in [2.05, 4.69) is 0 Å². The van der Waals surface area contributed by atoms with Gasteiger partial charge in [0.1, 0.15) is 5.56 Å². The smallest absolute Gasteiger partial charge is 0.416 e. The molecule has 0 spiro atoms. The Kier molecular flexibility index (Phi) is 3.83. The van der Waals surface area contributed by atoms with E-state index in [0.717, 1.165) is 18.2 Å². The van der Waals surface area contributed by atoms with Crippen molar-refractivity contribution in [2.45, 2.75) is 13.1 Å². The first kappa shape index (κ1) is 15.8. The highest BCUT2D eigenvalue weighted by Crippen LogP contribution is 2.30. The molecule has 22 heavy (non-hydrogen) atoms. The number of nitrogens with zero attached hydrogens (tertiary/aromatic N) is 1. The molecule has 0 aliphatic rings. The lowest BCUT2D eigenvalue weighted by Crippen LogP contribution is -2.21. The second kappa shape index (κ2) is 5.32. The number of carbonyl (C=O) groups is 1. The Morgan fingerprint density at radius 3 is 2.18 bits per heavy atom. The van der Waals surface area contributed by atoms with E-state index in [1.165, 1.54) is 23.6 Å².